The molecule has 0 bridgehead atoms. The van der Waals surface area contributed by atoms with Gasteiger partial charge in [0.05, 0.1) is 5.54 Å². The van der Waals surface area contributed by atoms with Gasteiger partial charge in [-0.1, -0.05) is 19.0 Å². The maximum atomic E-state index is 6.01. The second-order valence-electron chi connectivity index (χ2n) is 4.55. The Morgan fingerprint density at radius 2 is 2.29 bits per heavy atom. The molecule has 1 aliphatic rings. The highest BCUT2D eigenvalue weighted by molar-refractivity contribution is 5.10. The van der Waals surface area contributed by atoms with Crippen LogP contribution < -0.4 is 5.73 Å². The van der Waals surface area contributed by atoms with Crippen LogP contribution in [0.4, 0.5) is 0 Å². The van der Waals surface area contributed by atoms with Crippen molar-refractivity contribution in [1.82, 2.24) is 10.1 Å². The van der Waals surface area contributed by atoms with Gasteiger partial charge in [0.2, 0.25) is 5.89 Å². The Bertz CT molecular complexity index is 332. The molecule has 3 unspecified atom stereocenters. The number of hydrogen-bond acceptors (Lipinski definition) is 4. The van der Waals surface area contributed by atoms with Crippen LogP contribution in [0.2, 0.25) is 0 Å². The van der Waals surface area contributed by atoms with E-state index in [1.165, 1.54) is 6.42 Å². The van der Waals surface area contributed by atoms with Crippen molar-refractivity contribution < 1.29 is 4.52 Å². The van der Waals surface area contributed by atoms with Gasteiger partial charge in [-0.05, 0) is 25.7 Å². The largest absolute Gasteiger partial charge is 0.337 e. The van der Waals surface area contributed by atoms with Gasteiger partial charge in [0.25, 0.3) is 0 Å². The van der Waals surface area contributed by atoms with E-state index in [0.29, 0.717) is 17.7 Å². The number of nitrogens with two attached hydrogens (primary N) is 1. The molecular formula is C10H17N3O. The molecular weight excluding hydrogens is 178 g/mol. The fourth-order valence-electron chi connectivity index (χ4n) is 1.45. The maximum Gasteiger partial charge on any atom is 0.246 e. The second kappa shape index (κ2) is 3.05. The van der Waals surface area contributed by atoms with Crippen molar-refractivity contribution in [3.8, 4) is 0 Å². The zero-order valence-electron chi connectivity index (χ0n) is 8.95. The first kappa shape index (κ1) is 9.65. The molecule has 1 saturated carbocycles. The smallest absolute Gasteiger partial charge is 0.246 e. The average Bonchev–Trinajstić information content (AvgIpc) is 2.70. The zero-order chi connectivity index (χ0) is 10.3. The predicted molar refractivity (Wildman–Crippen MR) is 52.7 cm³/mol. The molecule has 0 saturated heterocycles. The first-order chi connectivity index (χ1) is 6.54. The molecule has 2 rings (SSSR count). The highest BCUT2D eigenvalue weighted by atomic mass is 16.5. The summed E-state index contributed by atoms with van der Waals surface area (Å²) in [4.78, 5) is 4.36. The molecule has 1 fully saturated rings. The second-order valence-corrected chi connectivity index (χ2v) is 4.55. The van der Waals surface area contributed by atoms with Crippen LogP contribution in [-0.4, -0.2) is 10.1 Å². The van der Waals surface area contributed by atoms with Crippen LogP contribution in [0.1, 0.15) is 51.2 Å². The summed E-state index contributed by atoms with van der Waals surface area (Å²) in [7, 11) is 0. The molecule has 2 N–H and O–H groups in total. The molecule has 0 spiro atoms. The standard InChI is InChI=1S/C10H17N3O/c1-4-10(3,11)9-12-8(13-14-9)7-5-6(7)2/h6-7H,4-5,11H2,1-3H3. The molecule has 14 heavy (non-hydrogen) atoms. The van der Waals surface area contributed by atoms with Gasteiger partial charge < -0.3 is 10.3 Å². The third-order valence-corrected chi connectivity index (χ3v) is 3.11. The molecule has 4 nitrogen and oxygen atoms in total. The van der Waals surface area contributed by atoms with Crippen molar-refractivity contribution in [3.05, 3.63) is 11.7 Å². The minimum Gasteiger partial charge on any atom is -0.337 e. The molecule has 0 aromatic carbocycles. The quantitative estimate of drug-likeness (QED) is 0.798. The summed E-state index contributed by atoms with van der Waals surface area (Å²) in [5.74, 6) is 2.60. The van der Waals surface area contributed by atoms with Gasteiger partial charge in [-0.3, -0.25) is 0 Å². The van der Waals surface area contributed by atoms with Crippen LogP contribution in [0, 0.1) is 5.92 Å². The van der Waals surface area contributed by atoms with Crippen LogP contribution >= 0.6 is 0 Å². The predicted octanol–water partition coefficient (Wildman–Crippen LogP) is 1.78. The summed E-state index contributed by atoms with van der Waals surface area (Å²) in [6.07, 6.45) is 1.97. The summed E-state index contributed by atoms with van der Waals surface area (Å²) in [5, 5.41) is 3.98. The number of aromatic nitrogens is 2. The van der Waals surface area contributed by atoms with Gasteiger partial charge in [-0.25, -0.2) is 0 Å². The lowest BCUT2D eigenvalue weighted by Gasteiger charge is -2.16. The first-order valence-corrected chi connectivity index (χ1v) is 5.17. The molecule has 3 atom stereocenters. The van der Waals surface area contributed by atoms with Crippen molar-refractivity contribution in [1.29, 1.82) is 0 Å². The Labute approximate surface area is 83.9 Å². The third-order valence-electron chi connectivity index (χ3n) is 3.11. The van der Waals surface area contributed by atoms with Crippen molar-refractivity contribution >= 4 is 0 Å². The molecule has 78 valence electrons. The molecule has 1 aliphatic carbocycles. The Morgan fingerprint density at radius 3 is 2.79 bits per heavy atom. The minimum absolute atomic E-state index is 0.483. The third kappa shape index (κ3) is 1.54. The van der Waals surface area contributed by atoms with Crippen molar-refractivity contribution in [2.75, 3.05) is 0 Å². The van der Waals surface area contributed by atoms with E-state index >= 15 is 0 Å². The van der Waals surface area contributed by atoms with E-state index < -0.39 is 5.54 Å². The fraction of sp³-hybridized carbons (Fsp3) is 0.800. The molecule has 1 aromatic heterocycles. The van der Waals surface area contributed by atoms with Gasteiger partial charge in [0.15, 0.2) is 5.82 Å². The lowest BCUT2D eigenvalue weighted by Crippen LogP contribution is -2.32. The highest BCUT2D eigenvalue weighted by Crippen LogP contribution is 2.45. The Morgan fingerprint density at radius 1 is 1.64 bits per heavy atom. The van der Waals surface area contributed by atoms with Crippen LogP contribution in [0.15, 0.2) is 4.52 Å². The van der Waals surface area contributed by atoms with E-state index in [9.17, 15) is 0 Å². The Hall–Kier alpha value is -0.900. The average molecular weight is 195 g/mol. The van der Waals surface area contributed by atoms with Crippen molar-refractivity contribution in [2.24, 2.45) is 11.7 Å². The van der Waals surface area contributed by atoms with Gasteiger partial charge in [0, 0.05) is 5.92 Å². The van der Waals surface area contributed by atoms with E-state index in [2.05, 4.69) is 17.1 Å². The SMILES string of the molecule is CCC(C)(N)c1nc(C2CC2C)no1. The summed E-state index contributed by atoms with van der Waals surface area (Å²) < 4.78 is 5.18. The lowest BCUT2D eigenvalue weighted by atomic mass is 10.0. The van der Waals surface area contributed by atoms with E-state index in [1.54, 1.807) is 0 Å². The van der Waals surface area contributed by atoms with Crippen LogP contribution in [-0.2, 0) is 5.54 Å². The van der Waals surface area contributed by atoms with Crippen LogP contribution in [0.3, 0.4) is 0 Å². The van der Waals surface area contributed by atoms with E-state index in [4.69, 9.17) is 10.3 Å². The summed E-state index contributed by atoms with van der Waals surface area (Å²) in [5.41, 5.74) is 5.53. The van der Waals surface area contributed by atoms with E-state index in [0.717, 1.165) is 12.2 Å². The monoisotopic (exact) mass is 195 g/mol. The molecule has 1 heterocycles. The van der Waals surface area contributed by atoms with Gasteiger partial charge >= 0.3 is 0 Å². The fourth-order valence-corrected chi connectivity index (χ4v) is 1.45. The highest BCUT2D eigenvalue weighted by Gasteiger charge is 2.39. The summed E-state index contributed by atoms with van der Waals surface area (Å²) >= 11 is 0. The molecule has 0 aliphatic heterocycles. The molecule has 0 radical (unpaired) electrons. The van der Waals surface area contributed by atoms with Gasteiger partial charge in [-0.15, -0.1) is 0 Å². The zero-order valence-corrected chi connectivity index (χ0v) is 8.95. The maximum absolute atomic E-state index is 6.01. The number of rotatable bonds is 3. The van der Waals surface area contributed by atoms with Gasteiger partial charge in [-0.2, -0.15) is 4.98 Å². The molecule has 0 amide bonds. The topological polar surface area (TPSA) is 64.9 Å². The van der Waals surface area contributed by atoms with Crippen LogP contribution in [0.5, 0.6) is 0 Å². The Kier molecular flexibility index (Phi) is 2.10. The summed E-state index contributed by atoms with van der Waals surface area (Å²) in [6.45, 7) is 6.13. The Balaban J connectivity index is 2.17. The lowest BCUT2D eigenvalue weighted by molar-refractivity contribution is 0.290. The van der Waals surface area contributed by atoms with Crippen LogP contribution in [0.25, 0.3) is 0 Å². The van der Waals surface area contributed by atoms with Crippen molar-refractivity contribution in [3.63, 3.8) is 0 Å². The minimum atomic E-state index is -0.483. The first-order valence-electron chi connectivity index (χ1n) is 5.17. The normalized spacial score (nSPS) is 30.0. The van der Waals surface area contributed by atoms with E-state index in [1.807, 2.05) is 13.8 Å². The molecule has 4 heteroatoms. The van der Waals surface area contributed by atoms with Gasteiger partial charge in [0.1, 0.15) is 0 Å². The number of nitrogens with zero attached hydrogens (tertiary/aromatic N) is 2. The van der Waals surface area contributed by atoms with Crippen molar-refractivity contribution in [2.45, 2.75) is 45.1 Å². The molecule has 1 aromatic rings. The number of hydrogen-bond donors (Lipinski definition) is 1. The summed E-state index contributed by atoms with van der Waals surface area (Å²) in [6, 6.07) is 0. The van der Waals surface area contributed by atoms with E-state index in [-0.39, 0.29) is 0 Å².